The molecule has 0 bridgehead atoms. The first kappa shape index (κ1) is 8.94. The first-order valence-electron chi connectivity index (χ1n) is 4.42. The highest BCUT2D eigenvalue weighted by atomic mass is 19.1. The quantitative estimate of drug-likeness (QED) is 0.730. The highest BCUT2D eigenvalue weighted by molar-refractivity contribution is 5.78. The predicted octanol–water partition coefficient (Wildman–Crippen LogP) is 1.99. The molecule has 1 N–H and O–H groups in total. The lowest BCUT2D eigenvalue weighted by atomic mass is 10.0. The van der Waals surface area contributed by atoms with Crippen molar-refractivity contribution in [2.45, 2.75) is 6.92 Å². The van der Waals surface area contributed by atoms with E-state index >= 15 is 0 Å². The molecule has 14 heavy (non-hydrogen) atoms. The number of rotatable bonds is 1. The molecule has 1 radical (unpaired) electrons. The van der Waals surface area contributed by atoms with Crippen molar-refractivity contribution in [2.24, 2.45) is 0 Å². The summed E-state index contributed by atoms with van der Waals surface area (Å²) < 4.78 is 13.4. The van der Waals surface area contributed by atoms with Crippen molar-refractivity contribution >= 4 is 5.57 Å². The normalized spacial score (nSPS) is 15.6. The van der Waals surface area contributed by atoms with Gasteiger partial charge in [-0.05, 0) is 18.6 Å². The number of nitrogens with zero attached hydrogens (tertiary/aromatic N) is 1. The standard InChI is InChI=1S/C11H10FN2/c1-8-2-4-13-6-10(8)9-3-5-14-7-11(9)12/h2-4,6,14H,5H2,1H3. The van der Waals surface area contributed by atoms with Crippen LogP contribution in [0.1, 0.15) is 11.1 Å². The molecule has 2 heterocycles. The Morgan fingerprint density at radius 3 is 3.14 bits per heavy atom. The van der Waals surface area contributed by atoms with Crippen molar-refractivity contribution in [2.75, 3.05) is 6.54 Å². The number of hydrogen-bond acceptors (Lipinski definition) is 2. The van der Waals surface area contributed by atoms with Crippen molar-refractivity contribution in [3.8, 4) is 0 Å². The lowest BCUT2D eigenvalue weighted by Crippen LogP contribution is -2.12. The van der Waals surface area contributed by atoms with Crippen molar-refractivity contribution in [3.63, 3.8) is 0 Å². The van der Waals surface area contributed by atoms with Crippen LogP contribution < -0.4 is 5.32 Å². The molecule has 1 aromatic heterocycles. The van der Waals surface area contributed by atoms with Crippen LogP contribution in [0.5, 0.6) is 0 Å². The van der Waals surface area contributed by atoms with Gasteiger partial charge in [-0.25, -0.2) is 4.39 Å². The maximum Gasteiger partial charge on any atom is 0.156 e. The summed E-state index contributed by atoms with van der Waals surface area (Å²) in [6, 6.07) is 1.87. The van der Waals surface area contributed by atoms with Crippen molar-refractivity contribution < 1.29 is 4.39 Å². The Bertz CT molecular complexity index is 408. The zero-order chi connectivity index (χ0) is 9.97. The highest BCUT2D eigenvalue weighted by Gasteiger charge is 2.12. The molecular formula is C11H10FN2. The minimum atomic E-state index is -0.354. The van der Waals surface area contributed by atoms with Crippen LogP contribution in [0.25, 0.3) is 5.57 Å². The molecule has 3 heteroatoms. The fourth-order valence-corrected chi connectivity index (χ4v) is 1.41. The number of halogens is 1. The van der Waals surface area contributed by atoms with Crippen LogP contribution in [0.3, 0.4) is 0 Å². The van der Waals surface area contributed by atoms with Gasteiger partial charge in [-0.1, -0.05) is 6.08 Å². The molecule has 0 fully saturated rings. The number of aryl methyl sites for hydroxylation is 1. The maximum absolute atomic E-state index is 13.4. The van der Waals surface area contributed by atoms with E-state index in [0.717, 1.165) is 11.1 Å². The van der Waals surface area contributed by atoms with Gasteiger partial charge in [-0.2, -0.15) is 0 Å². The Balaban J connectivity index is 2.45. The van der Waals surface area contributed by atoms with E-state index in [4.69, 9.17) is 0 Å². The predicted molar refractivity (Wildman–Crippen MR) is 52.8 cm³/mol. The van der Waals surface area contributed by atoms with E-state index in [1.54, 1.807) is 18.5 Å². The van der Waals surface area contributed by atoms with Crippen LogP contribution in [0.4, 0.5) is 4.39 Å². The fraction of sp³-hybridized carbons (Fsp3) is 0.182. The van der Waals surface area contributed by atoms with E-state index in [1.807, 2.05) is 13.0 Å². The molecule has 1 aliphatic heterocycles. The molecule has 2 nitrogen and oxygen atoms in total. The molecule has 0 saturated heterocycles. The second-order valence-corrected chi connectivity index (χ2v) is 3.13. The third kappa shape index (κ3) is 1.53. The first-order chi connectivity index (χ1) is 6.79. The van der Waals surface area contributed by atoms with Gasteiger partial charge >= 0.3 is 0 Å². The lowest BCUT2D eigenvalue weighted by Gasteiger charge is -2.12. The minimum Gasteiger partial charge on any atom is -0.377 e. The van der Waals surface area contributed by atoms with E-state index < -0.39 is 0 Å². The van der Waals surface area contributed by atoms with Crippen LogP contribution >= 0.6 is 0 Å². The summed E-state index contributed by atoms with van der Waals surface area (Å²) in [5.74, 6) is -0.354. The molecule has 0 amide bonds. The lowest BCUT2D eigenvalue weighted by molar-refractivity contribution is 0.646. The average molecular weight is 189 g/mol. The summed E-state index contributed by atoms with van der Waals surface area (Å²) in [6.07, 6.45) is 7.64. The molecule has 0 unspecified atom stereocenters. The number of pyridine rings is 1. The SMILES string of the molecule is Cc1ccncc1C1=CCN[C]=C1F. The van der Waals surface area contributed by atoms with E-state index in [1.165, 1.54) is 0 Å². The van der Waals surface area contributed by atoms with Crippen LogP contribution in [-0.2, 0) is 0 Å². The van der Waals surface area contributed by atoms with Crippen molar-refractivity contribution in [1.82, 2.24) is 10.3 Å². The summed E-state index contributed by atoms with van der Waals surface area (Å²) in [5.41, 5.74) is 2.43. The Labute approximate surface area is 82.2 Å². The van der Waals surface area contributed by atoms with Crippen molar-refractivity contribution in [1.29, 1.82) is 0 Å². The van der Waals surface area contributed by atoms with Gasteiger partial charge in [0.15, 0.2) is 5.83 Å². The van der Waals surface area contributed by atoms with E-state index in [9.17, 15) is 4.39 Å². The van der Waals surface area contributed by atoms with Gasteiger partial charge in [0.2, 0.25) is 0 Å². The average Bonchev–Trinajstić information content (AvgIpc) is 2.20. The zero-order valence-electron chi connectivity index (χ0n) is 7.84. The molecule has 1 aromatic rings. The smallest absolute Gasteiger partial charge is 0.156 e. The third-order valence-corrected chi connectivity index (χ3v) is 2.17. The molecule has 71 valence electrons. The molecule has 0 aliphatic carbocycles. The van der Waals surface area contributed by atoms with Gasteiger partial charge in [0.25, 0.3) is 0 Å². The number of dihydropyridines is 1. The molecule has 0 aromatic carbocycles. The van der Waals surface area contributed by atoms with Crippen molar-refractivity contribution in [3.05, 3.63) is 47.7 Å². The molecule has 0 atom stereocenters. The summed E-state index contributed by atoms with van der Waals surface area (Å²) in [4.78, 5) is 3.99. The molecule has 0 saturated carbocycles. The van der Waals surface area contributed by atoms with Gasteiger partial charge in [0, 0.05) is 30.1 Å². The van der Waals surface area contributed by atoms with E-state index in [0.29, 0.717) is 12.1 Å². The van der Waals surface area contributed by atoms with Gasteiger partial charge in [0.1, 0.15) is 0 Å². The zero-order valence-corrected chi connectivity index (χ0v) is 7.84. The topological polar surface area (TPSA) is 24.9 Å². The van der Waals surface area contributed by atoms with Crippen LogP contribution in [0.2, 0.25) is 0 Å². The van der Waals surface area contributed by atoms with Crippen LogP contribution in [0.15, 0.2) is 30.4 Å². The van der Waals surface area contributed by atoms with E-state index in [-0.39, 0.29) is 5.83 Å². The second kappa shape index (κ2) is 3.62. The van der Waals surface area contributed by atoms with E-state index in [2.05, 4.69) is 16.5 Å². The van der Waals surface area contributed by atoms with Gasteiger partial charge in [0.05, 0.1) is 6.20 Å². The molecular weight excluding hydrogens is 179 g/mol. The Hall–Kier alpha value is -1.64. The van der Waals surface area contributed by atoms with Gasteiger partial charge in [-0.15, -0.1) is 0 Å². The number of allylic oxidation sites excluding steroid dienone is 2. The number of nitrogens with one attached hydrogen (secondary N) is 1. The number of hydrogen-bond donors (Lipinski definition) is 1. The first-order valence-corrected chi connectivity index (χ1v) is 4.42. The second-order valence-electron chi connectivity index (χ2n) is 3.13. The minimum absolute atomic E-state index is 0.354. The highest BCUT2D eigenvalue weighted by Crippen LogP contribution is 2.26. The monoisotopic (exact) mass is 189 g/mol. The molecule has 1 aliphatic rings. The Morgan fingerprint density at radius 2 is 2.43 bits per heavy atom. The Morgan fingerprint density at radius 1 is 1.57 bits per heavy atom. The third-order valence-electron chi connectivity index (χ3n) is 2.17. The summed E-state index contributed by atoms with van der Waals surface area (Å²) >= 11 is 0. The summed E-state index contributed by atoms with van der Waals surface area (Å²) in [6.45, 7) is 2.55. The molecule has 2 rings (SSSR count). The Kier molecular flexibility index (Phi) is 2.31. The number of aromatic nitrogens is 1. The largest absolute Gasteiger partial charge is 0.377 e. The van der Waals surface area contributed by atoms with Crippen LogP contribution in [-0.4, -0.2) is 11.5 Å². The van der Waals surface area contributed by atoms with Crippen LogP contribution in [0, 0.1) is 13.1 Å². The summed E-state index contributed by atoms with van der Waals surface area (Å²) in [5, 5.41) is 2.69. The van der Waals surface area contributed by atoms with Gasteiger partial charge in [-0.3, -0.25) is 4.98 Å². The fourth-order valence-electron chi connectivity index (χ4n) is 1.41. The maximum atomic E-state index is 13.4. The van der Waals surface area contributed by atoms with Gasteiger partial charge < -0.3 is 5.32 Å². The molecule has 0 spiro atoms. The summed E-state index contributed by atoms with van der Waals surface area (Å²) in [7, 11) is 0.